The van der Waals surface area contributed by atoms with Crippen molar-refractivity contribution in [2.75, 3.05) is 17.3 Å². The number of pyridine rings is 1. The molecule has 1 N–H and O–H groups in total. The Morgan fingerprint density at radius 1 is 1.23 bits per heavy atom. The van der Waals surface area contributed by atoms with Crippen LogP contribution in [0.1, 0.15) is 36.7 Å². The summed E-state index contributed by atoms with van der Waals surface area (Å²) in [5.74, 6) is 0.0529. The first-order valence-electron chi connectivity index (χ1n) is 8.23. The Morgan fingerprint density at radius 2 is 2.00 bits per heavy atom. The van der Waals surface area contributed by atoms with Crippen molar-refractivity contribution in [2.45, 2.75) is 32.9 Å². The van der Waals surface area contributed by atoms with Gasteiger partial charge in [0.05, 0.1) is 24.0 Å². The lowest BCUT2D eigenvalue weighted by molar-refractivity contribution is 0.0591. The van der Waals surface area contributed by atoms with E-state index in [1.807, 2.05) is 32.9 Å². The van der Waals surface area contributed by atoms with Crippen LogP contribution < -0.4 is 10.2 Å². The third-order valence-electron chi connectivity index (χ3n) is 3.78. The predicted octanol–water partition coefficient (Wildman–Crippen LogP) is 3.87. The van der Waals surface area contributed by atoms with Crippen LogP contribution in [0.3, 0.4) is 0 Å². The van der Waals surface area contributed by atoms with E-state index in [-0.39, 0.29) is 0 Å². The van der Waals surface area contributed by atoms with E-state index in [9.17, 15) is 9.59 Å². The summed E-state index contributed by atoms with van der Waals surface area (Å²) in [5.41, 5.74) is 1.76. The average molecular weight is 355 g/mol. The summed E-state index contributed by atoms with van der Waals surface area (Å²) in [7, 11) is 1.33. The van der Waals surface area contributed by atoms with Crippen molar-refractivity contribution in [1.82, 2.24) is 4.98 Å². The van der Waals surface area contributed by atoms with E-state index in [1.54, 1.807) is 24.4 Å². The van der Waals surface area contributed by atoms with E-state index < -0.39 is 17.7 Å². The minimum Gasteiger partial charge on any atom is -0.465 e. The number of anilines is 3. The second-order valence-corrected chi connectivity index (χ2v) is 6.88. The highest BCUT2D eigenvalue weighted by molar-refractivity contribution is 6.02. The van der Waals surface area contributed by atoms with Crippen LogP contribution in [-0.4, -0.2) is 29.8 Å². The third-order valence-corrected chi connectivity index (χ3v) is 3.78. The Balaban J connectivity index is 2.12. The highest BCUT2D eigenvalue weighted by atomic mass is 16.6. The number of rotatable bonds is 1. The molecule has 1 aliphatic heterocycles. The minimum absolute atomic E-state index is 0.391. The second-order valence-electron chi connectivity index (χ2n) is 6.88. The molecule has 0 bridgehead atoms. The highest BCUT2D eigenvalue weighted by Crippen LogP contribution is 2.38. The predicted molar refractivity (Wildman–Crippen MR) is 97.7 cm³/mol. The third kappa shape index (κ3) is 3.46. The Hall–Kier alpha value is -3.09. The Morgan fingerprint density at radius 3 is 2.69 bits per heavy atom. The molecule has 0 unspecified atom stereocenters. The molecule has 0 aliphatic carbocycles. The van der Waals surface area contributed by atoms with Crippen LogP contribution in [0.25, 0.3) is 0 Å². The second kappa shape index (κ2) is 6.67. The van der Waals surface area contributed by atoms with Crippen molar-refractivity contribution in [1.29, 1.82) is 0 Å². The quantitative estimate of drug-likeness (QED) is 0.782. The van der Waals surface area contributed by atoms with Crippen LogP contribution in [0.5, 0.6) is 0 Å². The topological polar surface area (TPSA) is 80.8 Å². The number of hydrogen-bond acceptors (Lipinski definition) is 6. The summed E-state index contributed by atoms with van der Waals surface area (Å²) in [6, 6.07) is 8.65. The number of ether oxygens (including phenoxy) is 2. The van der Waals surface area contributed by atoms with Gasteiger partial charge in [0.1, 0.15) is 11.4 Å². The average Bonchev–Trinajstić information content (AvgIpc) is 2.75. The van der Waals surface area contributed by atoms with Gasteiger partial charge in [0.15, 0.2) is 0 Å². The Kier molecular flexibility index (Phi) is 4.54. The summed E-state index contributed by atoms with van der Waals surface area (Å²) in [6.07, 6.45) is 1.09. The van der Waals surface area contributed by atoms with Crippen molar-refractivity contribution < 1.29 is 19.1 Å². The molecule has 1 amide bonds. The number of aromatic nitrogens is 1. The molecule has 26 heavy (non-hydrogen) atoms. The number of esters is 1. The van der Waals surface area contributed by atoms with Crippen molar-refractivity contribution in [3.8, 4) is 0 Å². The number of hydrogen-bond donors (Lipinski definition) is 1. The summed E-state index contributed by atoms with van der Waals surface area (Å²) < 4.78 is 10.3. The molecule has 1 aromatic carbocycles. The molecular formula is C19H21N3O4. The lowest BCUT2D eigenvalue weighted by Gasteiger charge is -2.27. The zero-order chi connectivity index (χ0) is 18.9. The molecule has 2 heterocycles. The van der Waals surface area contributed by atoms with Gasteiger partial charge in [-0.05, 0) is 45.0 Å². The normalized spacial score (nSPS) is 13.0. The molecule has 2 aromatic rings. The lowest BCUT2D eigenvalue weighted by atomic mass is 10.1. The molecule has 0 radical (unpaired) electrons. The van der Waals surface area contributed by atoms with E-state index in [0.717, 1.165) is 5.56 Å². The Labute approximate surface area is 151 Å². The van der Waals surface area contributed by atoms with Gasteiger partial charge in [-0.2, -0.15) is 0 Å². The SMILES string of the molecule is COC(=O)c1ccc2c(c1)NCc1cccnc1N2C(=O)OC(C)(C)C. The van der Waals surface area contributed by atoms with Crippen molar-refractivity contribution >= 4 is 29.3 Å². The summed E-state index contributed by atoms with van der Waals surface area (Å²) >= 11 is 0. The monoisotopic (exact) mass is 355 g/mol. The van der Waals surface area contributed by atoms with Crippen LogP contribution in [0.2, 0.25) is 0 Å². The van der Waals surface area contributed by atoms with Gasteiger partial charge in [-0.3, -0.25) is 0 Å². The van der Waals surface area contributed by atoms with Crippen molar-refractivity contribution in [2.24, 2.45) is 0 Å². The molecule has 7 nitrogen and oxygen atoms in total. The molecule has 136 valence electrons. The molecular weight excluding hydrogens is 334 g/mol. The maximum atomic E-state index is 12.9. The number of nitrogens with zero attached hydrogens (tertiary/aromatic N) is 2. The number of nitrogens with one attached hydrogen (secondary N) is 1. The van der Waals surface area contributed by atoms with Crippen LogP contribution in [-0.2, 0) is 16.0 Å². The Bertz CT molecular complexity index is 858. The van der Waals surface area contributed by atoms with Crippen LogP contribution >= 0.6 is 0 Å². The summed E-state index contributed by atoms with van der Waals surface area (Å²) in [6.45, 7) is 5.88. The van der Waals surface area contributed by atoms with Gasteiger partial charge in [0.2, 0.25) is 0 Å². The smallest absolute Gasteiger partial charge is 0.420 e. The standard InChI is InChI=1S/C19H21N3O4/c1-19(2,3)26-18(24)22-15-8-7-12(17(23)25-4)10-14(15)21-11-13-6-5-9-20-16(13)22/h5-10,21H,11H2,1-4H3. The molecule has 0 atom stereocenters. The molecule has 1 aromatic heterocycles. The van der Waals surface area contributed by atoms with E-state index in [4.69, 9.17) is 9.47 Å². The van der Waals surface area contributed by atoms with Crippen molar-refractivity contribution in [3.05, 3.63) is 47.7 Å². The number of benzene rings is 1. The molecule has 0 saturated carbocycles. The summed E-state index contributed by atoms with van der Waals surface area (Å²) in [5, 5.41) is 3.25. The number of fused-ring (bicyclic) bond motifs is 2. The van der Waals surface area contributed by atoms with Crippen LogP contribution in [0.4, 0.5) is 22.0 Å². The number of amides is 1. The van der Waals surface area contributed by atoms with Gasteiger partial charge in [-0.25, -0.2) is 19.5 Å². The zero-order valence-corrected chi connectivity index (χ0v) is 15.2. The van der Waals surface area contributed by atoms with Gasteiger partial charge in [0, 0.05) is 18.3 Å². The molecule has 3 rings (SSSR count). The van der Waals surface area contributed by atoms with Gasteiger partial charge >= 0.3 is 12.1 Å². The molecule has 7 heteroatoms. The number of methoxy groups -OCH3 is 1. The number of carbonyl (C=O) groups excluding carboxylic acids is 2. The maximum Gasteiger partial charge on any atom is 0.420 e. The molecule has 0 spiro atoms. The van der Waals surface area contributed by atoms with Crippen LogP contribution in [0.15, 0.2) is 36.5 Å². The fraction of sp³-hybridized carbons (Fsp3) is 0.316. The minimum atomic E-state index is -0.655. The summed E-state index contributed by atoms with van der Waals surface area (Å²) in [4.78, 5) is 30.6. The van der Waals surface area contributed by atoms with E-state index >= 15 is 0 Å². The fourth-order valence-electron chi connectivity index (χ4n) is 2.68. The first-order chi connectivity index (χ1) is 12.3. The molecule has 0 fully saturated rings. The number of carbonyl (C=O) groups is 2. The largest absolute Gasteiger partial charge is 0.465 e. The van der Waals surface area contributed by atoms with E-state index in [0.29, 0.717) is 29.3 Å². The molecule has 1 aliphatic rings. The van der Waals surface area contributed by atoms with Gasteiger partial charge < -0.3 is 14.8 Å². The van der Waals surface area contributed by atoms with Gasteiger partial charge in [-0.1, -0.05) is 6.07 Å². The highest BCUT2D eigenvalue weighted by Gasteiger charge is 2.31. The van der Waals surface area contributed by atoms with Crippen LogP contribution in [0, 0.1) is 0 Å². The first-order valence-corrected chi connectivity index (χ1v) is 8.23. The van der Waals surface area contributed by atoms with E-state index in [2.05, 4.69) is 10.3 Å². The maximum absolute atomic E-state index is 12.9. The van der Waals surface area contributed by atoms with Crippen molar-refractivity contribution in [3.63, 3.8) is 0 Å². The molecule has 0 saturated heterocycles. The lowest BCUT2D eigenvalue weighted by Crippen LogP contribution is -2.34. The van der Waals surface area contributed by atoms with E-state index in [1.165, 1.54) is 12.0 Å². The zero-order valence-electron chi connectivity index (χ0n) is 15.2. The fourth-order valence-corrected chi connectivity index (χ4v) is 2.68. The van der Waals surface area contributed by atoms with Gasteiger partial charge in [-0.15, -0.1) is 0 Å². The van der Waals surface area contributed by atoms with Gasteiger partial charge in [0.25, 0.3) is 0 Å². The first kappa shape index (κ1) is 17.7.